The van der Waals surface area contributed by atoms with Crippen molar-refractivity contribution < 1.29 is 28.2 Å². The average molecular weight is 529 g/mol. The van der Waals surface area contributed by atoms with Crippen molar-refractivity contribution in [1.82, 2.24) is 19.5 Å². The Bertz CT molecular complexity index is 1300. The summed E-state index contributed by atoms with van der Waals surface area (Å²) in [6.45, 7) is 0. The molecule has 0 amide bonds. The minimum atomic E-state index is -1.02. The molecule has 0 bridgehead atoms. The molecule has 0 spiro atoms. The minimum absolute atomic E-state index is 0.0781. The van der Waals surface area contributed by atoms with Crippen molar-refractivity contribution in [3.8, 4) is 0 Å². The Labute approximate surface area is 217 Å². The van der Waals surface area contributed by atoms with Gasteiger partial charge in [-0.25, -0.2) is 18.7 Å². The van der Waals surface area contributed by atoms with Gasteiger partial charge in [0.25, 0.3) is 0 Å². The highest BCUT2D eigenvalue weighted by Crippen LogP contribution is 2.36. The van der Waals surface area contributed by atoms with Gasteiger partial charge in [0.15, 0.2) is 5.65 Å². The van der Waals surface area contributed by atoms with Gasteiger partial charge in [-0.3, -0.25) is 14.2 Å². The number of nitrogens with zero attached hydrogens (tertiary/aromatic N) is 4. The number of benzene rings is 1. The lowest BCUT2D eigenvalue weighted by Crippen LogP contribution is -2.31. The molecular formula is C26H30F2N6O4. The van der Waals surface area contributed by atoms with E-state index in [4.69, 9.17) is 14.8 Å². The molecule has 0 atom stereocenters. The van der Waals surface area contributed by atoms with E-state index in [0.29, 0.717) is 35.9 Å². The van der Waals surface area contributed by atoms with E-state index in [-0.39, 0.29) is 36.7 Å². The molecule has 0 aliphatic heterocycles. The molecule has 0 saturated heterocycles. The summed E-state index contributed by atoms with van der Waals surface area (Å²) in [5.74, 6) is -2.16. The van der Waals surface area contributed by atoms with Crippen LogP contribution in [-0.2, 0) is 14.3 Å². The predicted molar refractivity (Wildman–Crippen MR) is 135 cm³/mol. The third kappa shape index (κ3) is 5.84. The highest BCUT2D eigenvalue weighted by Gasteiger charge is 2.27. The van der Waals surface area contributed by atoms with Crippen molar-refractivity contribution >= 4 is 40.7 Å². The van der Waals surface area contributed by atoms with Gasteiger partial charge in [0.05, 0.1) is 19.0 Å². The second-order valence-electron chi connectivity index (χ2n) is 9.87. The van der Waals surface area contributed by atoms with Gasteiger partial charge in [-0.05, 0) is 50.7 Å². The number of halogens is 2. The monoisotopic (exact) mass is 528 g/mol. The fourth-order valence-corrected chi connectivity index (χ4v) is 5.25. The molecular weight excluding hydrogens is 498 g/mol. The zero-order valence-corrected chi connectivity index (χ0v) is 20.8. The Kier molecular flexibility index (Phi) is 7.66. The Morgan fingerprint density at radius 3 is 2.42 bits per heavy atom. The number of ether oxygens (including phenoxy) is 1. The van der Waals surface area contributed by atoms with Crippen LogP contribution < -0.4 is 10.6 Å². The van der Waals surface area contributed by atoms with E-state index in [1.165, 1.54) is 18.2 Å². The van der Waals surface area contributed by atoms with Crippen LogP contribution >= 0.6 is 0 Å². The standard InChI is InChI=1S/C26H30F2N6O4/c27-18-6-3-7-19(28)23(18)32-26-31-20-14-29-25(33-24(20)34(26)16-4-1-2-5-16)30-15-8-10-17(11-9-15)38-22(37)13-12-21(35)36/h3,6-7,14-17H,1-2,4-5,8-13H2,(H,31,32)(H,35,36)(H,29,30,33). The summed E-state index contributed by atoms with van der Waals surface area (Å²) in [5.41, 5.74) is 0.863. The molecule has 2 aliphatic rings. The number of carboxylic acids is 1. The van der Waals surface area contributed by atoms with Crippen molar-refractivity contribution in [3.63, 3.8) is 0 Å². The van der Waals surface area contributed by atoms with Crippen LogP contribution in [-0.4, -0.2) is 48.7 Å². The van der Waals surface area contributed by atoms with Crippen molar-refractivity contribution in [1.29, 1.82) is 0 Å². The first-order valence-electron chi connectivity index (χ1n) is 13.0. The highest BCUT2D eigenvalue weighted by molar-refractivity contribution is 5.77. The number of fused-ring (bicyclic) bond motifs is 1. The topological polar surface area (TPSA) is 131 Å². The first-order valence-corrected chi connectivity index (χ1v) is 13.0. The van der Waals surface area contributed by atoms with Gasteiger partial charge >= 0.3 is 11.9 Å². The Balaban J connectivity index is 1.30. The number of para-hydroxylation sites is 1. The lowest BCUT2D eigenvalue weighted by molar-refractivity contribution is -0.153. The Morgan fingerprint density at radius 2 is 1.74 bits per heavy atom. The number of esters is 1. The van der Waals surface area contributed by atoms with Crippen molar-refractivity contribution in [2.75, 3.05) is 10.6 Å². The summed E-state index contributed by atoms with van der Waals surface area (Å²) >= 11 is 0. The number of carboxylic acid groups (broad SMARTS) is 1. The number of aromatic nitrogens is 4. The number of carbonyl (C=O) groups is 2. The van der Waals surface area contributed by atoms with Gasteiger partial charge in [-0.2, -0.15) is 4.98 Å². The largest absolute Gasteiger partial charge is 0.481 e. The van der Waals surface area contributed by atoms with Crippen LogP contribution in [0, 0.1) is 11.6 Å². The maximum Gasteiger partial charge on any atom is 0.306 e. The number of aliphatic carboxylic acids is 1. The first kappa shape index (κ1) is 25.8. The number of hydrogen-bond acceptors (Lipinski definition) is 8. The third-order valence-corrected chi connectivity index (χ3v) is 7.17. The van der Waals surface area contributed by atoms with E-state index in [9.17, 15) is 18.4 Å². The molecule has 12 heteroatoms. The van der Waals surface area contributed by atoms with Crippen LogP contribution in [0.15, 0.2) is 24.4 Å². The minimum Gasteiger partial charge on any atom is -0.481 e. The van der Waals surface area contributed by atoms with Crippen molar-refractivity contribution in [3.05, 3.63) is 36.0 Å². The van der Waals surface area contributed by atoms with E-state index in [0.717, 1.165) is 38.5 Å². The van der Waals surface area contributed by atoms with Gasteiger partial charge in [-0.15, -0.1) is 0 Å². The van der Waals surface area contributed by atoms with Crippen LogP contribution in [0.4, 0.5) is 26.4 Å². The van der Waals surface area contributed by atoms with E-state index in [1.807, 2.05) is 4.57 Å². The van der Waals surface area contributed by atoms with Gasteiger partial charge in [0.2, 0.25) is 11.9 Å². The van der Waals surface area contributed by atoms with E-state index >= 15 is 0 Å². The first-order chi connectivity index (χ1) is 18.4. The fourth-order valence-electron chi connectivity index (χ4n) is 5.25. The summed E-state index contributed by atoms with van der Waals surface area (Å²) in [4.78, 5) is 36.2. The molecule has 5 rings (SSSR count). The summed E-state index contributed by atoms with van der Waals surface area (Å²) in [5, 5.41) is 14.9. The molecule has 2 aliphatic carbocycles. The fraction of sp³-hybridized carbons (Fsp3) is 0.500. The number of anilines is 3. The molecule has 3 N–H and O–H groups in total. The highest BCUT2D eigenvalue weighted by atomic mass is 19.1. The summed E-state index contributed by atoms with van der Waals surface area (Å²) in [6.07, 6.45) is 7.74. The molecule has 3 aromatic rings. The van der Waals surface area contributed by atoms with Crippen molar-refractivity contribution in [2.24, 2.45) is 0 Å². The van der Waals surface area contributed by atoms with Gasteiger partial charge in [0.1, 0.15) is 28.9 Å². The zero-order chi connectivity index (χ0) is 26.6. The quantitative estimate of drug-likeness (QED) is 0.325. The van der Waals surface area contributed by atoms with Crippen LogP contribution in [0.1, 0.15) is 70.3 Å². The maximum absolute atomic E-state index is 14.4. The summed E-state index contributed by atoms with van der Waals surface area (Å²) < 4.78 is 36.1. The van der Waals surface area contributed by atoms with Gasteiger partial charge in [-0.1, -0.05) is 18.9 Å². The predicted octanol–water partition coefficient (Wildman–Crippen LogP) is 5.09. The number of carbonyl (C=O) groups excluding carboxylic acids is 1. The molecule has 2 saturated carbocycles. The SMILES string of the molecule is O=C(O)CCC(=O)OC1CCC(Nc2ncc3nc(Nc4c(F)cccc4F)n(C4CCCC4)c3n2)CC1. The number of rotatable bonds is 9. The molecule has 0 radical (unpaired) electrons. The second kappa shape index (κ2) is 11.3. The lowest BCUT2D eigenvalue weighted by atomic mass is 9.93. The molecule has 2 aromatic heterocycles. The molecule has 2 heterocycles. The van der Waals surface area contributed by atoms with Crippen LogP contribution in [0.2, 0.25) is 0 Å². The van der Waals surface area contributed by atoms with E-state index in [2.05, 4.69) is 20.6 Å². The van der Waals surface area contributed by atoms with Crippen LogP contribution in [0.5, 0.6) is 0 Å². The average Bonchev–Trinajstić information content (AvgIpc) is 3.53. The second-order valence-corrected chi connectivity index (χ2v) is 9.87. The normalized spacial score (nSPS) is 19.9. The molecule has 1 aromatic carbocycles. The van der Waals surface area contributed by atoms with Gasteiger partial charge in [0, 0.05) is 12.1 Å². The van der Waals surface area contributed by atoms with Crippen LogP contribution in [0.3, 0.4) is 0 Å². The van der Waals surface area contributed by atoms with Crippen molar-refractivity contribution in [2.45, 2.75) is 82.4 Å². The molecule has 0 unspecified atom stereocenters. The molecule has 10 nitrogen and oxygen atoms in total. The summed E-state index contributed by atoms with van der Waals surface area (Å²) in [7, 11) is 0. The molecule has 2 fully saturated rings. The lowest BCUT2D eigenvalue weighted by Gasteiger charge is -2.28. The Morgan fingerprint density at radius 1 is 1.03 bits per heavy atom. The number of imidazole rings is 1. The van der Waals surface area contributed by atoms with E-state index < -0.39 is 23.6 Å². The number of hydrogen-bond donors (Lipinski definition) is 3. The Hall–Kier alpha value is -3.83. The van der Waals surface area contributed by atoms with Gasteiger partial charge < -0.3 is 20.5 Å². The summed E-state index contributed by atoms with van der Waals surface area (Å²) in [6, 6.07) is 3.89. The number of nitrogens with one attached hydrogen (secondary N) is 2. The van der Waals surface area contributed by atoms with Crippen LogP contribution in [0.25, 0.3) is 11.2 Å². The molecule has 38 heavy (non-hydrogen) atoms. The third-order valence-electron chi connectivity index (χ3n) is 7.17. The zero-order valence-electron chi connectivity index (χ0n) is 20.8. The molecule has 202 valence electrons. The maximum atomic E-state index is 14.4. The smallest absolute Gasteiger partial charge is 0.306 e. The van der Waals surface area contributed by atoms with E-state index in [1.54, 1.807) is 6.20 Å².